The summed E-state index contributed by atoms with van der Waals surface area (Å²) in [6.07, 6.45) is 2.70. The number of hydrogen-bond acceptors (Lipinski definition) is 6. The van der Waals surface area contributed by atoms with Crippen molar-refractivity contribution < 1.29 is 18.4 Å². The van der Waals surface area contributed by atoms with Crippen LogP contribution in [0.15, 0.2) is 56.3 Å². The fourth-order valence-corrected chi connectivity index (χ4v) is 2.95. The van der Waals surface area contributed by atoms with E-state index in [1.54, 1.807) is 41.3 Å². The van der Waals surface area contributed by atoms with Gasteiger partial charge in [0, 0.05) is 13.0 Å². The Labute approximate surface area is 153 Å². The largest absolute Gasteiger partial charge is 0.459 e. The first-order chi connectivity index (χ1) is 13.1. The zero-order chi connectivity index (χ0) is 18.8. The van der Waals surface area contributed by atoms with Gasteiger partial charge in [0.25, 0.3) is 5.89 Å². The summed E-state index contributed by atoms with van der Waals surface area (Å²) in [6, 6.07) is 10.3. The number of carbonyl (C=O) groups excluding carboxylic acids is 2. The fraction of sp³-hybridized carbons (Fsp3) is 0.222. The van der Waals surface area contributed by atoms with Gasteiger partial charge in [0.15, 0.2) is 5.76 Å². The van der Waals surface area contributed by atoms with Gasteiger partial charge in [-0.2, -0.15) is 4.68 Å². The second-order valence-electron chi connectivity index (χ2n) is 6.02. The van der Waals surface area contributed by atoms with E-state index >= 15 is 0 Å². The Bertz CT molecular complexity index is 1030. The summed E-state index contributed by atoms with van der Waals surface area (Å²) in [5, 5.41) is 6.69. The van der Waals surface area contributed by atoms with Crippen LogP contribution in [0.2, 0.25) is 0 Å². The number of benzene rings is 1. The number of nitrogens with one attached hydrogen (secondary N) is 1. The highest BCUT2D eigenvalue weighted by Gasteiger charge is 2.24. The lowest BCUT2D eigenvalue weighted by molar-refractivity contribution is -0.118. The van der Waals surface area contributed by atoms with Crippen molar-refractivity contribution in [3.63, 3.8) is 0 Å². The molecule has 9 heteroatoms. The van der Waals surface area contributed by atoms with E-state index in [4.69, 9.17) is 8.83 Å². The Kier molecular flexibility index (Phi) is 4.33. The zero-order valence-electron chi connectivity index (χ0n) is 14.3. The predicted molar refractivity (Wildman–Crippen MR) is 95.1 cm³/mol. The molecule has 4 rings (SSSR count). The summed E-state index contributed by atoms with van der Waals surface area (Å²) in [4.78, 5) is 37.9. The number of rotatable bonds is 5. The molecule has 0 saturated carbocycles. The topological polar surface area (TPSA) is 111 Å². The van der Waals surface area contributed by atoms with Crippen LogP contribution in [0.3, 0.4) is 0 Å². The van der Waals surface area contributed by atoms with Crippen molar-refractivity contribution in [1.29, 1.82) is 0 Å². The van der Waals surface area contributed by atoms with Crippen LogP contribution >= 0.6 is 0 Å². The maximum atomic E-state index is 12.4. The van der Waals surface area contributed by atoms with Crippen LogP contribution < -0.4 is 16.0 Å². The Morgan fingerprint density at radius 2 is 2.04 bits per heavy atom. The SMILES string of the molecule is O=C(Cn1nc(-c2ccco2)oc1=O)Nc1ccccc1N1CCCC1=O. The first-order valence-electron chi connectivity index (χ1n) is 8.43. The molecule has 1 saturated heterocycles. The highest BCUT2D eigenvalue weighted by atomic mass is 16.4. The van der Waals surface area contributed by atoms with E-state index in [0.717, 1.165) is 11.1 Å². The minimum absolute atomic E-state index is 0.000800. The molecule has 0 unspecified atom stereocenters. The lowest BCUT2D eigenvalue weighted by Gasteiger charge is -2.19. The lowest BCUT2D eigenvalue weighted by atomic mass is 10.2. The standard InChI is InChI=1S/C18H16N4O5/c23-15(11-22-18(25)27-17(20-22)14-7-4-10-26-14)19-12-5-1-2-6-13(12)21-9-3-8-16(21)24/h1-2,4-7,10H,3,8-9,11H2,(H,19,23). The second-order valence-corrected chi connectivity index (χ2v) is 6.02. The molecule has 27 heavy (non-hydrogen) atoms. The molecule has 0 atom stereocenters. The summed E-state index contributed by atoms with van der Waals surface area (Å²) < 4.78 is 11.0. The molecule has 3 heterocycles. The molecule has 0 bridgehead atoms. The van der Waals surface area contributed by atoms with Crippen LogP contribution in [-0.2, 0) is 16.1 Å². The Morgan fingerprint density at radius 3 is 2.78 bits per heavy atom. The van der Waals surface area contributed by atoms with Gasteiger partial charge in [-0.05, 0) is 30.7 Å². The zero-order valence-corrected chi connectivity index (χ0v) is 14.3. The minimum atomic E-state index is -0.764. The van der Waals surface area contributed by atoms with Gasteiger partial charge >= 0.3 is 5.76 Å². The summed E-state index contributed by atoms with van der Waals surface area (Å²) in [5.41, 5.74) is 1.14. The van der Waals surface area contributed by atoms with Gasteiger partial charge < -0.3 is 19.1 Å². The number of para-hydroxylation sites is 2. The molecular weight excluding hydrogens is 352 g/mol. The first kappa shape index (κ1) is 16.8. The van der Waals surface area contributed by atoms with Crippen molar-refractivity contribution in [3.05, 3.63) is 53.2 Å². The number of nitrogens with zero attached hydrogens (tertiary/aromatic N) is 3. The molecular formula is C18H16N4O5. The van der Waals surface area contributed by atoms with Crippen LogP contribution in [0.5, 0.6) is 0 Å². The molecule has 2 amide bonds. The third-order valence-corrected chi connectivity index (χ3v) is 4.17. The summed E-state index contributed by atoms with van der Waals surface area (Å²) >= 11 is 0. The van der Waals surface area contributed by atoms with Crippen molar-refractivity contribution in [2.45, 2.75) is 19.4 Å². The van der Waals surface area contributed by atoms with Gasteiger partial charge in [-0.15, -0.1) is 5.10 Å². The number of carbonyl (C=O) groups is 2. The monoisotopic (exact) mass is 368 g/mol. The number of aromatic nitrogens is 2. The minimum Gasteiger partial charge on any atom is -0.459 e. The highest BCUT2D eigenvalue weighted by Crippen LogP contribution is 2.29. The van der Waals surface area contributed by atoms with Gasteiger partial charge in [0.05, 0.1) is 17.6 Å². The van der Waals surface area contributed by atoms with E-state index in [0.29, 0.717) is 30.1 Å². The normalized spacial score (nSPS) is 13.9. The van der Waals surface area contributed by atoms with Crippen molar-refractivity contribution in [2.75, 3.05) is 16.8 Å². The number of hydrogen-bond donors (Lipinski definition) is 1. The van der Waals surface area contributed by atoms with E-state index in [1.807, 2.05) is 0 Å². The van der Waals surface area contributed by atoms with Crippen molar-refractivity contribution in [1.82, 2.24) is 9.78 Å². The average molecular weight is 368 g/mol. The summed E-state index contributed by atoms with van der Waals surface area (Å²) in [5.74, 6) is -0.910. The molecule has 0 aliphatic carbocycles. The van der Waals surface area contributed by atoms with Crippen LogP contribution in [-0.4, -0.2) is 28.1 Å². The summed E-state index contributed by atoms with van der Waals surface area (Å²) in [7, 11) is 0. The van der Waals surface area contributed by atoms with Crippen molar-refractivity contribution in [3.8, 4) is 11.7 Å². The molecule has 1 N–H and O–H groups in total. The Morgan fingerprint density at radius 1 is 1.19 bits per heavy atom. The van der Waals surface area contributed by atoms with Crippen LogP contribution in [0.25, 0.3) is 11.7 Å². The smallest absolute Gasteiger partial charge is 0.437 e. The number of amides is 2. The maximum Gasteiger partial charge on any atom is 0.437 e. The Balaban J connectivity index is 1.51. The molecule has 138 valence electrons. The molecule has 9 nitrogen and oxygen atoms in total. The third-order valence-electron chi connectivity index (χ3n) is 4.17. The number of furan rings is 1. The Hall–Kier alpha value is -3.62. The third kappa shape index (κ3) is 3.39. The van der Waals surface area contributed by atoms with E-state index in [-0.39, 0.29) is 18.3 Å². The molecule has 1 aliphatic rings. The van der Waals surface area contributed by atoms with Crippen molar-refractivity contribution >= 4 is 23.2 Å². The van der Waals surface area contributed by atoms with Gasteiger partial charge in [-0.25, -0.2) is 4.79 Å². The molecule has 2 aromatic heterocycles. The molecule has 1 aromatic carbocycles. The molecule has 1 fully saturated rings. The molecule has 0 spiro atoms. The van der Waals surface area contributed by atoms with E-state index in [9.17, 15) is 14.4 Å². The number of anilines is 2. The first-order valence-corrected chi connectivity index (χ1v) is 8.43. The van der Waals surface area contributed by atoms with Crippen molar-refractivity contribution in [2.24, 2.45) is 0 Å². The van der Waals surface area contributed by atoms with Crippen LogP contribution in [0.1, 0.15) is 12.8 Å². The van der Waals surface area contributed by atoms with E-state index in [1.165, 1.54) is 6.26 Å². The lowest BCUT2D eigenvalue weighted by Crippen LogP contribution is -2.28. The quantitative estimate of drug-likeness (QED) is 0.736. The molecule has 1 aliphatic heterocycles. The highest BCUT2D eigenvalue weighted by molar-refractivity contribution is 6.01. The second kappa shape index (κ2) is 6.94. The predicted octanol–water partition coefficient (Wildman–Crippen LogP) is 1.86. The maximum absolute atomic E-state index is 12.4. The average Bonchev–Trinajstić information content (AvgIpc) is 3.38. The van der Waals surface area contributed by atoms with Gasteiger partial charge in [0.1, 0.15) is 6.54 Å². The van der Waals surface area contributed by atoms with Gasteiger partial charge in [0.2, 0.25) is 11.8 Å². The van der Waals surface area contributed by atoms with Crippen LogP contribution in [0.4, 0.5) is 11.4 Å². The molecule has 3 aromatic rings. The van der Waals surface area contributed by atoms with Crippen LogP contribution in [0, 0.1) is 0 Å². The van der Waals surface area contributed by atoms with Gasteiger partial charge in [-0.1, -0.05) is 12.1 Å². The van der Waals surface area contributed by atoms with Gasteiger partial charge in [-0.3, -0.25) is 9.59 Å². The van der Waals surface area contributed by atoms with E-state index < -0.39 is 11.7 Å². The fourth-order valence-electron chi connectivity index (χ4n) is 2.95. The summed E-state index contributed by atoms with van der Waals surface area (Å²) in [6.45, 7) is 0.284. The van der Waals surface area contributed by atoms with E-state index in [2.05, 4.69) is 10.4 Å². The molecule has 0 radical (unpaired) electrons.